The minimum absolute atomic E-state index is 0.823. The first-order chi connectivity index (χ1) is 7.00. The molecule has 1 aliphatic carbocycles. The minimum Gasteiger partial charge on any atom is -0.0625 e. The molecule has 0 saturated heterocycles. The molecule has 15 heavy (non-hydrogen) atoms. The van der Waals surface area contributed by atoms with Gasteiger partial charge >= 0.3 is 0 Å². The average Bonchev–Trinajstić information content (AvgIpc) is 2.75. The third-order valence-electron chi connectivity index (χ3n) is 3.85. The van der Waals surface area contributed by atoms with E-state index in [-0.39, 0.29) is 0 Å². The normalized spacial score (nSPS) is 29.6. The number of hydrogen-bond donors (Lipinski definition) is 0. The van der Waals surface area contributed by atoms with Crippen molar-refractivity contribution >= 4 is 0 Å². The highest BCUT2D eigenvalue weighted by molar-refractivity contribution is 5.35. The lowest BCUT2D eigenvalue weighted by Gasteiger charge is -2.06. The fourth-order valence-corrected chi connectivity index (χ4v) is 3.24. The first kappa shape index (κ1) is 10.7. The van der Waals surface area contributed by atoms with Gasteiger partial charge in [-0.05, 0) is 43.1 Å². The smallest absolute Gasteiger partial charge is 0.00995 e. The maximum Gasteiger partial charge on any atom is -0.00995 e. The third kappa shape index (κ3) is 1.95. The van der Waals surface area contributed by atoms with Crippen LogP contribution in [0.5, 0.6) is 0 Å². The first-order valence-corrected chi connectivity index (χ1v) is 6.09. The lowest BCUT2D eigenvalue weighted by molar-refractivity contribution is 0.524. The van der Waals surface area contributed by atoms with E-state index in [9.17, 15) is 0 Å². The van der Waals surface area contributed by atoms with E-state index in [0.717, 1.165) is 23.7 Å². The Labute approximate surface area is 93.7 Å². The van der Waals surface area contributed by atoms with Crippen LogP contribution in [0.2, 0.25) is 0 Å². The van der Waals surface area contributed by atoms with Gasteiger partial charge < -0.3 is 0 Å². The molecule has 1 aromatic rings. The van der Waals surface area contributed by atoms with E-state index < -0.39 is 0 Å². The lowest BCUT2D eigenvalue weighted by Crippen LogP contribution is -1.93. The Bertz CT molecular complexity index is 342. The summed E-state index contributed by atoms with van der Waals surface area (Å²) >= 11 is 0. The number of rotatable bonds is 2. The van der Waals surface area contributed by atoms with Crippen molar-refractivity contribution in [2.75, 3.05) is 0 Å². The van der Waals surface area contributed by atoms with Gasteiger partial charge in [0.1, 0.15) is 0 Å². The van der Waals surface area contributed by atoms with Crippen molar-refractivity contribution < 1.29 is 0 Å². The minimum atomic E-state index is 0.823. The van der Waals surface area contributed by atoms with Crippen molar-refractivity contribution in [3.05, 3.63) is 34.9 Å². The quantitative estimate of drug-likeness (QED) is 0.670. The van der Waals surface area contributed by atoms with Gasteiger partial charge in [-0.2, -0.15) is 0 Å². The fraction of sp³-hybridized carbons (Fsp3) is 0.600. The Hall–Kier alpha value is -0.780. The summed E-state index contributed by atoms with van der Waals surface area (Å²) in [6, 6.07) is 7.01. The highest BCUT2D eigenvalue weighted by atomic mass is 14.5. The van der Waals surface area contributed by atoms with Crippen molar-refractivity contribution in [2.24, 2.45) is 17.8 Å². The molecule has 1 aliphatic rings. The molecule has 1 fully saturated rings. The van der Waals surface area contributed by atoms with Gasteiger partial charge in [0.15, 0.2) is 0 Å². The molecule has 0 heterocycles. The highest BCUT2D eigenvalue weighted by Crippen LogP contribution is 2.57. The highest BCUT2D eigenvalue weighted by Gasteiger charge is 2.48. The molecular weight excluding hydrogens is 180 g/mol. The summed E-state index contributed by atoms with van der Waals surface area (Å²) in [7, 11) is 0. The van der Waals surface area contributed by atoms with Gasteiger partial charge in [0, 0.05) is 0 Å². The Morgan fingerprint density at radius 3 is 1.93 bits per heavy atom. The predicted molar refractivity (Wildman–Crippen MR) is 66.1 cm³/mol. The molecule has 82 valence electrons. The van der Waals surface area contributed by atoms with Crippen molar-refractivity contribution in [1.82, 2.24) is 0 Å². The maximum absolute atomic E-state index is 2.40. The summed E-state index contributed by atoms with van der Waals surface area (Å²) in [6.07, 6.45) is 0. The molecule has 3 atom stereocenters. The van der Waals surface area contributed by atoms with Gasteiger partial charge in [-0.25, -0.2) is 0 Å². The molecule has 3 unspecified atom stereocenters. The lowest BCUT2D eigenvalue weighted by atomic mass is 9.99. The number of benzene rings is 1. The van der Waals surface area contributed by atoms with Gasteiger partial charge in [-0.1, -0.05) is 50.1 Å². The van der Waals surface area contributed by atoms with Crippen molar-refractivity contribution in [3.63, 3.8) is 0 Å². The Kier molecular flexibility index (Phi) is 2.62. The van der Waals surface area contributed by atoms with Crippen LogP contribution in [0.4, 0.5) is 0 Å². The molecule has 0 bridgehead atoms. The topological polar surface area (TPSA) is 0 Å². The van der Waals surface area contributed by atoms with Crippen molar-refractivity contribution in [3.8, 4) is 0 Å². The van der Waals surface area contributed by atoms with Crippen LogP contribution in [-0.2, 0) is 0 Å². The zero-order valence-corrected chi connectivity index (χ0v) is 10.5. The number of aryl methyl sites for hydroxylation is 2. The molecule has 0 aromatic heterocycles. The summed E-state index contributed by atoms with van der Waals surface area (Å²) < 4.78 is 0. The molecule has 0 spiro atoms. The second kappa shape index (κ2) is 3.66. The Morgan fingerprint density at radius 2 is 1.53 bits per heavy atom. The molecule has 0 N–H and O–H groups in total. The van der Waals surface area contributed by atoms with E-state index in [2.05, 4.69) is 52.8 Å². The van der Waals surface area contributed by atoms with E-state index in [1.807, 2.05) is 0 Å². The van der Waals surface area contributed by atoms with Gasteiger partial charge in [0.2, 0.25) is 0 Å². The summed E-state index contributed by atoms with van der Waals surface area (Å²) in [5, 5.41) is 0. The van der Waals surface area contributed by atoms with Crippen molar-refractivity contribution in [1.29, 1.82) is 0 Å². The second-order valence-electron chi connectivity index (χ2n) is 5.63. The Morgan fingerprint density at radius 1 is 1.00 bits per heavy atom. The summed E-state index contributed by atoms with van der Waals surface area (Å²) in [5.74, 6) is 3.44. The van der Waals surface area contributed by atoms with E-state index in [0.29, 0.717) is 0 Å². The third-order valence-corrected chi connectivity index (χ3v) is 3.85. The molecule has 0 radical (unpaired) electrons. The van der Waals surface area contributed by atoms with Gasteiger partial charge in [-0.15, -0.1) is 0 Å². The zero-order valence-electron chi connectivity index (χ0n) is 10.5. The molecule has 1 aromatic carbocycles. The zero-order chi connectivity index (χ0) is 11.2. The molecular formula is C15H22. The SMILES string of the molecule is Cc1cc(C)cc(C2C(C)C2C(C)C)c1. The first-order valence-electron chi connectivity index (χ1n) is 6.09. The maximum atomic E-state index is 2.40. The van der Waals surface area contributed by atoms with Crippen LogP contribution >= 0.6 is 0 Å². The van der Waals surface area contributed by atoms with Gasteiger partial charge in [-0.3, -0.25) is 0 Å². The van der Waals surface area contributed by atoms with Crippen molar-refractivity contribution in [2.45, 2.75) is 40.5 Å². The molecule has 0 aliphatic heterocycles. The predicted octanol–water partition coefficient (Wildman–Crippen LogP) is 4.31. The summed E-state index contributed by atoms with van der Waals surface area (Å²) in [4.78, 5) is 0. The molecule has 0 heteroatoms. The van der Waals surface area contributed by atoms with Crippen LogP contribution in [0.25, 0.3) is 0 Å². The number of hydrogen-bond acceptors (Lipinski definition) is 0. The van der Waals surface area contributed by atoms with E-state index in [1.54, 1.807) is 5.56 Å². The van der Waals surface area contributed by atoms with Crippen LogP contribution < -0.4 is 0 Å². The van der Waals surface area contributed by atoms with Crippen LogP contribution in [0, 0.1) is 31.6 Å². The Balaban J connectivity index is 2.25. The van der Waals surface area contributed by atoms with E-state index >= 15 is 0 Å². The van der Waals surface area contributed by atoms with E-state index in [4.69, 9.17) is 0 Å². The average molecular weight is 202 g/mol. The summed E-state index contributed by atoms with van der Waals surface area (Å²) in [5.41, 5.74) is 4.39. The van der Waals surface area contributed by atoms with Crippen LogP contribution in [0.15, 0.2) is 18.2 Å². The molecule has 2 rings (SSSR count). The second-order valence-corrected chi connectivity index (χ2v) is 5.63. The van der Waals surface area contributed by atoms with Crippen LogP contribution in [0.1, 0.15) is 43.4 Å². The molecule has 0 nitrogen and oxygen atoms in total. The molecule has 0 amide bonds. The van der Waals surface area contributed by atoms with Gasteiger partial charge in [0.05, 0.1) is 0 Å². The van der Waals surface area contributed by atoms with E-state index in [1.165, 1.54) is 11.1 Å². The standard InChI is InChI=1S/C15H22/c1-9(2)14-12(5)15(14)13-7-10(3)6-11(4)8-13/h6-9,12,14-15H,1-5H3. The monoisotopic (exact) mass is 202 g/mol. The van der Waals surface area contributed by atoms with Crippen LogP contribution in [0.3, 0.4) is 0 Å². The fourth-order valence-electron chi connectivity index (χ4n) is 3.24. The van der Waals surface area contributed by atoms with Gasteiger partial charge in [0.25, 0.3) is 0 Å². The van der Waals surface area contributed by atoms with Crippen LogP contribution in [-0.4, -0.2) is 0 Å². The molecule has 1 saturated carbocycles. The summed E-state index contributed by atoms with van der Waals surface area (Å²) in [6.45, 7) is 11.5. The largest absolute Gasteiger partial charge is 0.0625 e.